The summed E-state index contributed by atoms with van der Waals surface area (Å²) in [5.41, 5.74) is -0.546. The molecule has 1 heterocycles. The number of allylic oxidation sites excluding steroid dienone is 1. The molecule has 0 fully saturated rings. The summed E-state index contributed by atoms with van der Waals surface area (Å²) in [6.07, 6.45) is 0.506. The van der Waals surface area contributed by atoms with Crippen molar-refractivity contribution in [3.63, 3.8) is 0 Å². The molecule has 1 aliphatic rings. The van der Waals surface area contributed by atoms with Gasteiger partial charge in [0, 0.05) is 12.8 Å². The van der Waals surface area contributed by atoms with Crippen molar-refractivity contribution in [1.29, 1.82) is 0 Å². The van der Waals surface area contributed by atoms with Gasteiger partial charge in [0.2, 0.25) is 5.95 Å². The lowest BCUT2D eigenvalue weighted by Crippen LogP contribution is -2.32. The number of carbonyl (C=O) groups excluding carboxylic acids is 2. The van der Waals surface area contributed by atoms with Gasteiger partial charge in [0.15, 0.2) is 5.78 Å². The second-order valence-electron chi connectivity index (χ2n) is 5.97. The van der Waals surface area contributed by atoms with Crippen LogP contribution in [0.5, 0.6) is 0 Å². The Morgan fingerprint density at radius 1 is 1.14 bits per heavy atom. The molecule has 2 rings (SSSR count). The zero-order valence-corrected chi connectivity index (χ0v) is 12.5. The maximum Gasteiger partial charge on any atom is 0.265 e. The number of nitrogens with zero attached hydrogens (tertiary/aromatic N) is 3. The molecule has 1 aromatic heterocycles. The van der Waals surface area contributed by atoms with Crippen molar-refractivity contribution in [2.45, 2.75) is 40.5 Å². The van der Waals surface area contributed by atoms with Gasteiger partial charge in [-0.25, -0.2) is 4.98 Å². The Labute approximate surface area is 122 Å². The highest BCUT2D eigenvalue weighted by molar-refractivity contribution is 6.24. The Bertz CT molecular complexity index is 629. The van der Waals surface area contributed by atoms with Crippen LogP contribution >= 0.6 is 0 Å². The summed E-state index contributed by atoms with van der Waals surface area (Å²) in [6.45, 7) is 7.09. The number of hydrogen-bond acceptors (Lipinski definition) is 6. The summed E-state index contributed by atoms with van der Waals surface area (Å²) in [6, 6.07) is 0. The Kier molecular flexibility index (Phi) is 3.76. The molecule has 2 N–H and O–H groups in total. The molecule has 1 aliphatic carbocycles. The van der Waals surface area contributed by atoms with Crippen LogP contribution in [0.1, 0.15) is 38.3 Å². The first-order valence-corrected chi connectivity index (χ1v) is 6.64. The average Bonchev–Trinajstić information content (AvgIpc) is 2.23. The third kappa shape index (κ3) is 3.42. The molecule has 0 bridgehead atoms. The summed E-state index contributed by atoms with van der Waals surface area (Å²) in [4.78, 5) is 36.2. The molecule has 0 aliphatic heterocycles. The van der Waals surface area contributed by atoms with Crippen LogP contribution in [0.15, 0.2) is 11.3 Å². The first-order valence-electron chi connectivity index (χ1n) is 6.64. The van der Waals surface area contributed by atoms with E-state index in [2.05, 4.69) is 20.3 Å². The topological polar surface area (TPSA) is 105 Å². The van der Waals surface area contributed by atoms with Crippen molar-refractivity contribution in [2.24, 2.45) is 5.41 Å². The number of carbonyl (C=O) groups is 2. The highest BCUT2D eigenvalue weighted by Gasteiger charge is 2.36. The fourth-order valence-electron chi connectivity index (χ4n) is 2.38. The second-order valence-corrected chi connectivity index (χ2v) is 5.97. The quantitative estimate of drug-likeness (QED) is 0.802. The van der Waals surface area contributed by atoms with Gasteiger partial charge in [-0.05, 0) is 19.3 Å². The van der Waals surface area contributed by atoms with Crippen molar-refractivity contribution < 1.29 is 14.7 Å². The van der Waals surface area contributed by atoms with E-state index in [4.69, 9.17) is 0 Å². The van der Waals surface area contributed by atoms with E-state index in [9.17, 15) is 14.7 Å². The number of nitrogens with one attached hydrogen (secondary N) is 1. The standard InChI is InChI=1S/C14H18N4O3/c1-7-15-8(2)17-13(16-7)18-12(21)11-9(19)5-14(3,4)6-10(11)20/h19H,5-6H2,1-4H3,(H,15,16,17,18,21). The van der Waals surface area contributed by atoms with E-state index in [0.29, 0.717) is 11.6 Å². The number of amides is 1. The minimum absolute atomic E-state index is 0.0722. The molecule has 1 aromatic rings. The number of aromatic nitrogens is 3. The molecule has 7 heteroatoms. The van der Waals surface area contributed by atoms with Crippen molar-refractivity contribution in [3.05, 3.63) is 23.0 Å². The van der Waals surface area contributed by atoms with Gasteiger partial charge in [0.1, 0.15) is 23.0 Å². The predicted octanol–water partition coefficient (Wildman–Crippen LogP) is 1.63. The molecule has 0 radical (unpaired) electrons. The third-order valence-corrected chi connectivity index (χ3v) is 3.16. The molecular formula is C14H18N4O3. The highest BCUT2D eigenvalue weighted by atomic mass is 16.3. The summed E-state index contributed by atoms with van der Waals surface area (Å²) in [5.74, 6) is -0.236. The molecule has 0 spiro atoms. The molecule has 0 saturated carbocycles. The van der Waals surface area contributed by atoms with Crippen molar-refractivity contribution >= 4 is 17.6 Å². The molecule has 1 amide bonds. The van der Waals surface area contributed by atoms with Crippen LogP contribution in [0, 0.1) is 19.3 Å². The second kappa shape index (κ2) is 5.23. The monoisotopic (exact) mass is 290 g/mol. The molecule has 21 heavy (non-hydrogen) atoms. The number of Topliss-reactive ketones (excluding diaryl/α,β-unsaturated/α-hetero) is 1. The number of rotatable bonds is 2. The van der Waals surface area contributed by atoms with E-state index in [1.807, 2.05) is 13.8 Å². The smallest absolute Gasteiger partial charge is 0.265 e. The first-order chi connectivity index (χ1) is 9.68. The Hall–Kier alpha value is -2.31. The van der Waals surface area contributed by atoms with E-state index in [1.54, 1.807) is 13.8 Å². The summed E-state index contributed by atoms with van der Waals surface area (Å²) < 4.78 is 0. The van der Waals surface area contributed by atoms with Crippen molar-refractivity contribution in [1.82, 2.24) is 15.0 Å². The maximum atomic E-state index is 12.2. The maximum absolute atomic E-state index is 12.2. The van der Waals surface area contributed by atoms with Crippen LogP contribution in [0.25, 0.3) is 0 Å². The summed E-state index contributed by atoms with van der Waals surface area (Å²) in [5, 5.41) is 12.4. The fourth-order valence-corrected chi connectivity index (χ4v) is 2.38. The molecular weight excluding hydrogens is 272 g/mol. The van der Waals surface area contributed by atoms with Gasteiger partial charge in [-0.2, -0.15) is 9.97 Å². The van der Waals surface area contributed by atoms with Gasteiger partial charge in [-0.3, -0.25) is 14.9 Å². The average molecular weight is 290 g/mol. The minimum atomic E-state index is -0.682. The Morgan fingerprint density at radius 3 is 2.24 bits per heavy atom. The number of hydrogen-bond donors (Lipinski definition) is 2. The molecule has 0 unspecified atom stereocenters. The summed E-state index contributed by atoms with van der Waals surface area (Å²) >= 11 is 0. The number of ketones is 1. The first kappa shape index (κ1) is 15.1. The minimum Gasteiger partial charge on any atom is -0.511 e. The largest absolute Gasteiger partial charge is 0.511 e. The van der Waals surface area contributed by atoms with E-state index in [-0.39, 0.29) is 41.3 Å². The predicted molar refractivity (Wildman–Crippen MR) is 75.6 cm³/mol. The fraction of sp³-hybridized carbons (Fsp3) is 0.500. The number of aryl methyl sites for hydroxylation is 2. The Morgan fingerprint density at radius 2 is 1.71 bits per heavy atom. The van der Waals surface area contributed by atoms with Crippen LogP contribution in [0.3, 0.4) is 0 Å². The van der Waals surface area contributed by atoms with Crippen LogP contribution in [-0.4, -0.2) is 31.7 Å². The molecule has 112 valence electrons. The van der Waals surface area contributed by atoms with Gasteiger partial charge >= 0.3 is 0 Å². The zero-order valence-electron chi connectivity index (χ0n) is 12.5. The van der Waals surface area contributed by atoms with E-state index < -0.39 is 5.91 Å². The number of anilines is 1. The number of aliphatic hydroxyl groups is 1. The van der Waals surface area contributed by atoms with Crippen LogP contribution in [-0.2, 0) is 9.59 Å². The third-order valence-electron chi connectivity index (χ3n) is 3.16. The number of aliphatic hydroxyl groups excluding tert-OH is 1. The molecule has 0 saturated heterocycles. The van der Waals surface area contributed by atoms with Gasteiger partial charge in [0.25, 0.3) is 5.91 Å². The molecule has 7 nitrogen and oxygen atoms in total. The van der Waals surface area contributed by atoms with Crippen LogP contribution in [0.4, 0.5) is 5.95 Å². The Balaban J connectivity index is 2.26. The van der Waals surface area contributed by atoms with Crippen LogP contribution in [0.2, 0.25) is 0 Å². The van der Waals surface area contributed by atoms with E-state index in [1.165, 1.54) is 0 Å². The van der Waals surface area contributed by atoms with Crippen molar-refractivity contribution in [3.8, 4) is 0 Å². The van der Waals surface area contributed by atoms with E-state index in [0.717, 1.165) is 0 Å². The normalized spacial score (nSPS) is 17.8. The molecule has 0 aromatic carbocycles. The molecule has 0 atom stereocenters. The highest BCUT2D eigenvalue weighted by Crippen LogP contribution is 2.35. The lowest BCUT2D eigenvalue weighted by Gasteiger charge is -2.28. The van der Waals surface area contributed by atoms with Gasteiger partial charge in [-0.1, -0.05) is 13.8 Å². The lowest BCUT2D eigenvalue weighted by atomic mass is 9.76. The zero-order chi connectivity index (χ0) is 15.8. The SMILES string of the molecule is Cc1nc(C)nc(NC(=O)C2=C(O)CC(C)(C)CC2=O)n1. The van der Waals surface area contributed by atoms with Gasteiger partial charge in [0.05, 0.1) is 0 Å². The van der Waals surface area contributed by atoms with Gasteiger partial charge < -0.3 is 5.11 Å². The van der Waals surface area contributed by atoms with Crippen LogP contribution < -0.4 is 5.32 Å². The summed E-state index contributed by atoms with van der Waals surface area (Å²) in [7, 11) is 0. The van der Waals surface area contributed by atoms with E-state index >= 15 is 0 Å². The lowest BCUT2D eigenvalue weighted by molar-refractivity contribution is -0.122. The van der Waals surface area contributed by atoms with Crippen molar-refractivity contribution in [2.75, 3.05) is 5.32 Å². The van der Waals surface area contributed by atoms with Gasteiger partial charge in [-0.15, -0.1) is 0 Å².